The normalized spacial score (nSPS) is 50.7. The van der Waals surface area contributed by atoms with Crippen molar-refractivity contribution in [1.82, 2.24) is 5.32 Å². The first-order valence-corrected chi connectivity index (χ1v) is 12.8. The first-order valence-electron chi connectivity index (χ1n) is 12.8. The molecule has 0 aromatic rings. The zero-order chi connectivity index (χ0) is 20.2. The van der Waals surface area contributed by atoms with E-state index < -0.39 is 0 Å². The number of Topliss-reactive ketones (excluding diaryl/α,β-unsaturated/α-hetero) is 1. The number of hydrogen-bond acceptors (Lipinski definition) is 3. The summed E-state index contributed by atoms with van der Waals surface area (Å²) < 4.78 is 0. The van der Waals surface area contributed by atoms with Gasteiger partial charge in [0.25, 0.3) is 0 Å². The molecule has 0 amide bonds. The summed E-state index contributed by atoms with van der Waals surface area (Å²) in [7, 11) is 0. The van der Waals surface area contributed by atoms with Gasteiger partial charge in [-0.25, -0.2) is 0 Å². The second kappa shape index (κ2) is 7.62. The van der Waals surface area contributed by atoms with Crippen molar-refractivity contribution in [3.8, 4) is 0 Å². The minimum atomic E-state index is -0.138. The maximum Gasteiger partial charge on any atom is 0.139 e. The molecular weight excluding hydrogens is 358 g/mol. The molecule has 0 bridgehead atoms. The highest BCUT2D eigenvalue weighted by Crippen LogP contribution is 2.66. The maximum atomic E-state index is 12.6. The van der Waals surface area contributed by atoms with E-state index in [2.05, 4.69) is 19.2 Å². The predicted molar refractivity (Wildman–Crippen MR) is 116 cm³/mol. The van der Waals surface area contributed by atoms with Crippen LogP contribution in [0.15, 0.2) is 0 Å². The highest BCUT2D eigenvalue weighted by Gasteiger charge is 2.62. The molecule has 3 nitrogen and oxygen atoms in total. The van der Waals surface area contributed by atoms with E-state index in [-0.39, 0.29) is 11.5 Å². The van der Waals surface area contributed by atoms with Crippen LogP contribution in [0, 0.1) is 46.3 Å². The summed E-state index contributed by atoms with van der Waals surface area (Å²) in [6, 6.07) is 0. The Kier molecular flexibility index (Phi) is 5.39. The van der Waals surface area contributed by atoms with Gasteiger partial charge in [-0.1, -0.05) is 26.7 Å². The first-order chi connectivity index (χ1) is 13.9. The molecule has 1 saturated heterocycles. The van der Waals surface area contributed by atoms with Crippen LogP contribution < -0.4 is 5.32 Å². The molecule has 4 aliphatic carbocycles. The van der Waals surface area contributed by atoms with Crippen LogP contribution in [-0.4, -0.2) is 30.1 Å². The zero-order valence-electron chi connectivity index (χ0n) is 18.8. The van der Waals surface area contributed by atoms with E-state index in [4.69, 9.17) is 0 Å². The minimum absolute atomic E-state index is 0.0733. The van der Waals surface area contributed by atoms with Crippen molar-refractivity contribution in [2.75, 3.05) is 13.1 Å². The van der Waals surface area contributed by atoms with Gasteiger partial charge in [-0.3, -0.25) is 4.79 Å². The van der Waals surface area contributed by atoms with Crippen molar-refractivity contribution in [3.63, 3.8) is 0 Å². The number of hydrogen-bond donors (Lipinski definition) is 2. The third-order valence-corrected chi connectivity index (χ3v) is 10.9. The van der Waals surface area contributed by atoms with Gasteiger partial charge in [0.2, 0.25) is 0 Å². The number of nitrogens with one attached hydrogen (secondary N) is 1. The molecule has 164 valence electrons. The molecule has 0 aromatic heterocycles. The number of piperidine rings is 1. The molecule has 5 fully saturated rings. The lowest BCUT2D eigenvalue weighted by atomic mass is 9.44. The summed E-state index contributed by atoms with van der Waals surface area (Å²) in [5.74, 6) is 4.64. The summed E-state index contributed by atoms with van der Waals surface area (Å²) in [6.07, 6.45) is 14.5. The topological polar surface area (TPSA) is 49.3 Å². The predicted octanol–water partition coefficient (Wildman–Crippen LogP) is 4.97. The van der Waals surface area contributed by atoms with E-state index in [0.717, 1.165) is 43.4 Å². The number of aliphatic hydroxyl groups excluding tert-OH is 1. The van der Waals surface area contributed by atoms with E-state index >= 15 is 0 Å². The Hall–Kier alpha value is -0.410. The van der Waals surface area contributed by atoms with Gasteiger partial charge in [0.1, 0.15) is 5.78 Å². The largest absolute Gasteiger partial charge is 0.393 e. The second-order valence-electron chi connectivity index (χ2n) is 12.1. The molecule has 3 heteroatoms. The van der Waals surface area contributed by atoms with E-state index in [1.54, 1.807) is 0 Å². The number of ketones is 1. The third kappa shape index (κ3) is 3.34. The number of carbonyl (C=O) groups is 1. The quantitative estimate of drug-likeness (QED) is 0.702. The van der Waals surface area contributed by atoms with E-state index in [9.17, 15) is 9.90 Å². The van der Waals surface area contributed by atoms with Gasteiger partial charge >= 0.3 is 0 Å². The van der Waals surface area contributed by atoms with Crippen LogP contribution >= 0.6 is 0 Å². The van der Waals surface area contributed by atoms with Crippen molar-refractivity contribution < 1.29 is 9.90 Å². The summed E-state index contributed by atoms with van der Waals surface area (Å²) >= 11 is 0. The summed E-state index contributed by atoms with van der Waals surface area (Å²) in [4.78, 5) is 12.6. The third-order valence-electron chi connectivity index (χ3n) is 10.9. The molecule has 1 heterocycles. The van der Waals surface area contributed by atoms with Crippen LogP contribution in [0.3, 0.4) is 0 Å². The molecule has 0 spiro atoms. The van der Waals surface area contributed by atoms with Crippen LogP contribution in [0.25, 0.3) is 0 Å². The smallest absolute Gasteiger partial charge is 0.139 e. The summed E-state index contributed by atoms with van der Waals surface area (Å²) in [5.41, 5.74) is 0.233. The van der Waals surface area contributed by atoms with Crippen LogP contribution in [0.5, 0.6) is 0 Å². The van der Waals surface area contributed by atoms with Crippen LogP contribution in [-0.2, 0) is 4.79 Å². The Morgan fingerprint density at radius 1 is 0.897 bits per heavy atom. The van der Waals surface area contributed by atoms with Gasteiger partial charge in [0.15, 0.2) is 0 Å². The number of fused-ring (bicyclic) bond motifs is 5. The first kappa shape index (κ1) is 20.5. The molecule has 0 radical (unpaired) electrons. The Morgan fingerprint density at radius 2 is 1.66 bits per heavy atom. The Balaban J connectivity index is 1.27. The molecule has 4 saturated carbocycles. The molecular formula is C26H43NO2. The average molecular weight is 402 g/mol. The molecule has 2 N–H and O–H groups in total. The number of aliphatic hydroxyl groups is 1. The lowest BCUT2D eigenvalue weighted by Crippen LogP contribution is -2.57. The fraction of sp³-hybridized carbons (Fsp3) is 0.962. The zero-order valence-corrected chi connectivity index (χ0v) is 18.8. The Labute approximate surface area is 177 Å². The minimum Gasteiger partial charge on any atom is -0.393 e. The fourth-order valence-corrected chi connectivity index (χ4v) is 9.06. The van der Waals surface area contributed by atoms with E-state index in [0.29, 0.717) is 29.0 Å². The Bertz CT molecular complexity index is 628. The van der Waals surface area contributed by atoms with Crippen molar-refractivity contribution in [2.24, 2.45) is 46.3 Å². The lowest BCUT2D eigenvalue weighted by Gasteiger charge is -2.61. The molecule has 29 heavy (non-hydrogen) atoms. The lowest BCUT2D eigenvalue weighted by molar-refractivity contribution is -0.165. The summed E-state index contributed by atoms with van der Waals surface area (Å²) in [5, 5.41) is 14.8. The second-order valence-corrected chi connectivity index (χ2v) is 12.1. The maximum absolute atomic E-state index is 12.6. The number of rotatable bonds is 3. The van der Waals surface area contributed by atoms with Crippen molar-refractivity contribution >= 4 is 5.78 Å². The monoisotopic (exact) mass is 401 g/mol. The van der Waals surface area contributed by atoms with Gasteiger partial charge in [-0.05, 0) is 112 Å². The van der Waals surface area contributed by atoms with E-state index in [1.807, 2.05) is 0 Å². The highest BCUT2D eigenvalue weighted by atomic mass is 16.3. The molecule has 0 aromatic carbocycles. The van der Waals surface area contributed by atoms with Gasteiger partial charge in [-0.2, -0.15) is 0 Å². The molecule has 1 aliphatic heterocycles. The van der Waals surface area contributed by atoms with Crippen molar-refractivity contribution in [3.05, 3.63) is 0 Å². The molecule has 8 atom stereocenters. The van der Waals surface area contributed by atoms with Crippen LogP contribution in [0.4, 0.5) is 0 Å². The van der Waals surface area contributed by atoms with Gasteiger partial charge in [-0.15, -0.1) is 0 Å². The van der Waals surface area contributed by atoms with Gasteiger partial charge in [0, 0.05) is 11.8 Å². The van der Waals surface area contributed by atoms with Crippen molar-refractivity contribution in [1.29, 1.82) is 0 Å². The SMILES string of the molecule is C[C@]12CC[C@H](CCC3CCNCC3)CC1[C@@H](O)C[C@@H]1[C@@H]2CC[C@]2(C)C(=O)CC[C@@H]12. The van der Waals surface area contributed by atoms with Crippen molar-refractivity contribution in [2.45, 2.75) is 97.0 Å². The van der Waals surface area contributed by atoms with E-state index in [1.165, 1.54) is 64.5 Å². The fourth-order valence-electron chi connectivity index (χ4n) is 9.06. The van der Waals surface area contributed by atoms with Crippen LogP contribution in [0.2, 0.25) is 0 Å². The molecule has 5 rings (SSSR count). The average Bonchev–Trinajstić information content (AvgIpc) is 3.03. The number of carbonyl (C=O) groups excluding carboxylic acids is 1. The highest BCUT2D eigenvalue weighted by molar-refractivity contribution is 5.87. The summed E-state index contributed by atoms with van der Waals surface area (Å²) in [6.45, 7) is 7.20. The van der Waals surface area contributed by atoms with Gasteiger partial charge in [0.05, 0.1) is 6.10 Å². The van der Waals surface area contributed by atoms with Gasteiger partial charge < -0.3 is 10.4 Å². The standard InChI is InChI=1S/C26H43NO2/c1-25-11-7-18(4-3-17-9-13-27-14-10-17)15-22(25)23(28)16-19-20-5-6-24(29)26(20,2)12-8-21(19)25/h17-23,27-28H,3-16H2,1-2H3/t18-,19-,20-,21-,22?,23-,25+,26-/m0/s1. The van der Waals surface area contributed by atoms with Crippen LogP contribution in [0.1, 0.15) is 90.9 Å². The molecule has 1 unspecified atom stereocenters. The molecule has 5 aliphatic rings. The Morgan fingerprint density at radius 3 is 2.45 bits per heavy atom.